The number of rotatable bonds is 8. The van der Waals surface area contributed by atoms with Gasteiger partial charge < -0.3 is 15.4 Å². The average molecular weight is 472 g/mol. The molecule has 0 aliphatic rings. The number of fused-ring (bicyclic) bond motifs is 1. The Morgan fingerprint density at radius 1 is 1.18 bits per heavy atom. The van der Waals surface area contributed by atoms with Crippen LogP contribution in [0, 0.1) is 12.8 Å². The number of carbonyl (C=O) groups excluding carboxylic acids is 1. The summed E-state index contributed by atoms with van der Waals surface area (Å²) in [7, 11) is 0. The van der Waals surface area contributed by atoms with Crippen molar-refractivity contribution < 1.29 is 9.53 Å². The molecule has 8 nitrogen and oxygen atoms in total. The molecule has 9 heteroatoms. The van der Waals surface area contributed by atoms with E-state index in [9.17, 15) is 9.59 Å². The topological polar surface area (TPSA) is 98.1 Å². The molecular formula is C24H33N5O3S. The zero-order chi connectivity index (χ0) is 24.2. The summed E-state index contributed by atoms with van der Waals surface area (Å²) in [5.41, 5.74) is 1.11. The second kappa shape index (κ2) is 10.4. The Morgan fingerprint density at radius 3 is 2.52 bits per heavy atom. The number of hydrogen-bond donors (Lipinski definition) is 2. The van der Waals surface area contributed by atoms with Gasteiger partial charge in [0.2, 0.25) is 0 Å². The predicted molar refractivity (Wildman–Crippen MR) is 132 cm³/mol. The van der Waals surface area contributed by atoms with E-state index in [1.807, 2.05) is 58.0 Å². The molecular weight excluding hydrogens is 438 g/mol. The number of nitrogens with one attached hydrogen (secondary N) is 2. The molecule has 0 saturated carbocycles. The number of carbonyl (C=O) groups is 1. The number of aryl methyl sites for hydroxylation is 1. The van der Waals surface area contributed by atoms with Crippen molar-refractivity contribution in [3.8, 4) is 0 Å². The van der Waals surface area contributed by atoms with Crippen molar-refractivity contribution in [2.45, 2.75) is 59.7 Å². The van der Waals surface area contributed by atoms with E-state index in [2.05, 4.69) is 28.9 Å². The number of ether oxygens (including phenoxy) is 1. The van der Waals surface area contributed by atoms with E-state index in [0.717, 1.165) is 5.56 Å². The molecule has 2 N–H and O–H groups in total. The maximum Gasteiger partial charge on any atom is 0.407 e. The number of alkyl carbamates (subject to hydrolysis) is 1. The molecule has 3 aromatic rings. The molecule has 0 fully saturated rings. The standard InChI is InChI=1S/C24H33N5O3S/c1-15(2)19(25-12-13-26-23(31)32-24(4,5)6)20-27-21-18(16(3)28-33-21)22(30)29(20)14-17-10-8-7-9-11-17/h7-11,15,19,25H,12-14H2,1-6H3,(H,26,31). The highest BCUT2D eigenvalue weighted by atomic mass is 32.1. The molecule has 178 valence electrons. The fourth-order valence-electron chi connectivity index (χ4n) is 3.57. The number of amides is 1. The Kier molecular flexibility index (Phi) is 7.86. The largest absolute Gasteiger partial charge is 0.444 e. The van der Waals surface area contributed by atoms with E-state index >= 15 is 0 Å². The molecule has 0 bridgehead atoms. The molecule has 0 aliphatic heterocycles. The van der Waals surface area contributed by atoms with E-state index in [1.165, 1.54) is 11.5 Å². The second-order valence-corrected chi connectivity index (χ2v) is 10.2. The van der Waals surface area contributed by atoms with Crippen molar-refractivity contribution in [2.75, 3.05) is 13.1 Å². The monoisotopic (exact) mass is 471 g/mol. The number of hydrogen-bond acceptors (Lipinski definition) is 7. The van der Waals surface area contributed by atoms with Gasteiger partial charge in [-0.15, -0.1) is 0 Å². The highest BCUT2D eigenvalue weighted by Gasteiger charge is 2.24. The summed E-state index contributed by atoms with van der Waals surface area (Å²) in [6, 6.07) is 9.70. The van der Waals surface area contributed by atoms with Gasteiger partial charge in [-0.05, 0) is 50.7 Å². The summed E-state index contributed by atoms with van der Waals surface area (Å²) in [5, 5.41) is 6.81. The van der Waals surface area contributed by atoms with Crippen molar-refractivity contribution >= 4 is 27.8 Å². The molecule has 1 amide bonds. The highest BCUT2D eigenvalue weighted by Crippen LogP contribution is 2.24. The zero-order valence-corrected chi connectivity index (χ0v) is 21.0. The summed E-state index contributed by atoms with van der Waals surface area (Å²) < 4.78 is 11.4. The van der Waals surface area contributed by atoms with E-state index in [0.29, 0.717) is 41.4 Å². The molecule has 1 unspecified atom stereocenters. The fourth-order valence-corrected chi connectivity index (χ4v) is 4.35. The molecule has 0 radical (unpaired) electrons. The Bertz CT molecular complexity index is 1150. The van der Waals surface area contributed by atoms with Crippen molar-refractivity contribution in [3.63, 3.8) is 0 Å². The van der Waals surface area contributed by atoms with Crippen molar-refractivity contribution in [2.24, 2.45) is 5.92 Å². The van der Waals surface area contributed by atoms with Crippen molar-refractivity contribution in [1.29, 1.82) is 0 Å². The molecule has 2 aromatic heterocycles. The average Bonchev–Trinajstić information content (AvgIpc) is 3.10. The van der Waals surface area contributed by atoms with Gasteiger partial charge in [-0.3, -0.25) is 9.36 Å². The van der Waals surface area contributed by atoms with Crippen LogP contribution < -0.4 is 16.2 Å². The third-order valence-electron chi connectivity index (χ3n) is 5.08. The minimum atomic E-state index is -0.544. The molecule has 0 aliphatic carbocycles. The lowest BCUT2D eigenvalue weighted by molar-refractivity contribution is 0.0527. The van der Waals surface area contributed by atoms with E-state index in [4.69, 9.17) is 9.72 Å². The third kappa shape index (κ3) is 6.39. The quantitative estimate of drug-likeness (QED) is 0.482. The zero-order valence-electron chi connectivity index (χ0n) is 20.1. The number of nitrogens with zero attached hydrogens (tertiary/aromatic N) is 3. The van der Waals surface area contributed by atoms with Gasteiger partial charge in [0.05, 0.1) is 23.7 Å². The second-order valence-electron chi connectivity index (χ2n) is 9.40. The Morgan fingerprint density at radius 2 is 1.88 bits per heavy atom. The SMILES string of the molecule is Cc1nsc2nc(C(NCCNC(=O)OC(C)(C)C)C(C)C)n(Cc3ccccc3)c(=O)c12. The summed E-state index contributed by atoms with van der Waals surface area (Å²) in [4.78, 5) is 31.0. The molecule has 2 heterocycles. The minimum absolute atomic E-state index is 0.0792. The van der Waals surface area contributed by atoms with Gasteiger partial charge in [-0.2, -0.15) is 4.37 Å². The van der Waals surface area contributed by atoms with Gasteiger partial charge in [0.15, 0.2) is 4.83 Å². The molecule has 3 rings (SSSR count). The normalized spacial score (nSPS) is 12.8. The van der Waals surface area contributed by atoms with E-state index in [1.54, 1.807) is 4.57 Å². The van der Waals surface area contributed by atoms with Crippen molar-refractivity contribution in [1.82, 2.24) is 24.6 Å². The number of benzene rings is 1. The summed E-state index contributed by atoms with van der Waals surface area (Å²) in [6.45, 7) is 12.8. The van der Waals surface area contributed by atoms with Gasteiger partial charge in [0.25, 0.3) is 5.56 Å². The fraction of sp³-hybridized carbons (Fsp3) is 0.500. The van der Waals surface area contributed by atoms with Crippen LogP contribution in [0.4, 0.5) is 4.79 Å². The minimum Gasteiger partial charge on any atom is -0.444 e. The third-order valence-corrected chi connectivity index (χ3v) is 5.92. The first-order valence-corrected chi connectivity index (χ1v) is 11.9. The van der Waals surface area contributed by atoms with E-state index < -0.39 is 11.7 Å². The van der Waals surface area contributed by atoms with Gasteiger partial charge in [-0.25, -0.2) is 9.78 Å². The van der Waals surface area contributed by atoms with Crippen LogP contribution in [0.25, 0.3) is 10.2 Å². The molecule has 1 aromatic carbocycles. The summed E-state index contributed by atoms with van der Waals surface area (Å²) in [5.74, 6) is 0.833. The smallest absolute Gasteiger partial charge is 0.407 e. The van der Waals surface area contributed by atoms with Crippen LogP contribution in [0.2, 0.25) is 0 Å². The maximum atomic E-state index is 13.5. The van der Waals surface area contributed by atoms with E-state index in [-0.39, 0.29) is 17.5 Å². The van der Waals surface area contributed by atoms with Crippen molar-refractivity contribution in [3.05, 3.63) is 57.8 Å². The Labute approximate surface area is 198 Å². The first-order valence-electron chi connectivity index (χ1n) is 11.2. The maximum absolute atomic E-state index is 13.5. The van der Waals surface area contributed by atoms with Crippen LogP contribution in [0.3, 0.4) is 0 Å². The van der Waals surface area contributed by atoms with Gasteiger partial charge >= 0.3 is 6.09 Å². The van der Waals surface area contributed by atoms with Gasteiger partial charge in [-0.1, -0.05) is 44.2 Å². The van der Waals surface area contributed by atoms with Crippen LogP contribution in [0.15, 0.2) is 35.1 Å². The first-order chi connectivity index (χ1) is 15.6. The molecule has 33 heavy (non-hydrogen) atoms. The van der Waals surface area contributed by atoms with Gasteiger partial charge in [0.1, 0.15) is 11.4 Å². The van der Waals surface area contributed by atoms with Crippen LogP contribution in [-0.4, -0.2) is 38.7 Å². The first kappa shape index (κ1) is 24.9. The lowest BCUT2D eigenvalue weighted by atomic mass is 10.0. The van der Waals surface area contributed by atoms with Gasteiger partial charge in [0, 0.05) is 13.1 Å². The van der Waals surface area contributed by atoms with Crippen LogP contribution in [0.1, 0.15) is 57.7 Å². The Hall–Kier alpha value is -2.78. The van der Waals surface area contributed by atoms with Crippen LogP contribution in [0.5, 0.6) is 0 Å². The van der Waals surface area contributed by atoms with Crippen LogP contribution >= 0.6 is 11.5 Å². The van der Waals surface area contributed by atoms with Crippen LogP contribution in [-0.2, 0) is 11.3 Å². The summed E-state index contributed by atoms with van der Waals surface area (Å²) in [6.07, 6.45) is -0.453. The lowest BCUT2D eigenvalue weighted by Crippen LogP contribution is -2.40. The lowest BCUT2D eigenvalue weighted by Gasteiger charge is -2.25. The molecule has 0 spiro atoms. The number of aromatic nitrogens is 3. The Balaban J connectivity index is 1.87. The molecule has 0 saturated heterocycles. The predicted octanol–water partition coefficient (Wildman–Crippen LogP) is 4.02. The highest BCUT2D eigenvalue weighted by molar-refractivity contribution is 7.12. The summed E-state index contributed by atoms with van der Waals surface area (Å²) >= 11 is 1.25. The molecule has 1 atom stereocenters.